The fraction of sp³-hybridized carbons (Fsp3) is 0.286. The molecule has 1 heterocycles. The summed E-state index contributed by atoms with van der Waals surface area (Å²) < 4.78 is 0. The lowest BCUT2D eigenvalue weighted by atomic mass is 10.3. The van der Waals surface area contributed by atoms with E-state index in [4.69, 9.17) is 11.6 Å². The first-order valence-electron chi connectivity index (χ1n) is 5.96. The van der Waals surface area contributed by atoms with Crippen LogP contribution in [0.25, 0.3) is 0 Å². The molecule has 0 atom stereocenters. The molecule has 94 valence electrons. The molecule has 2 aromatic rings. The van der Waals surface area contributed by atoms with E-state index in [0.717, 1.165) is 34.2 Å². The van der Waals surface area contributed by atoms with Gasteiger partial charge in [0.1, 0.15) is 16.0 Å². The number of hydrogen-bond acceptors (Lipinski definition) is 3. The minimum atomic E-state index is 0.562. The van der Waals surface area contributed by atoms with Gasteiger partial charge < -0.3 is 0 Å². The second-order valence-corrected chi connectivity index (χ2v) is 5.45. The summed E-state index contributed by atoms with van der Waals surface area (Å²) in [5, 5.41) is 1.51. The van der Waals surface area contributed by atoms with Crippen LogP contribution in [0.5, 0.6) is 0 Å². The zero-order chi connectivity index (χ0) is 13.0. The van der Waals surface area contributed by atoms with E-state index in [1.165, 1.54) is 0 Å². The maximum Gasteiger partial charge on any atom is 0.136 e. The molecule has 2 rings (SSSR count). The van der Waals surface area contributed by atoms with Crippen molar-refractivity contribution in [3.63, 3.8) is 0 Å². The lowest BCUT2D eigenvalue weighted by Gasteiger charge is -2.08. The summed E-state index contributed by atoms with van der Waals surface area (Å²) in [7, 11) is 0. The highest BCUT2D eigenvalue weighted by atomic mass is 35.5. The van der Waals surface area contributed by atoms with Crippen molar-refractivity contribution in [3.05, 3.63) is 46.9 Å². The Morgan fingerprint density at radius 1 is 1.17 bits per heavy atom. The first-order chi connectivity index (χ1) is 8.70. The van der Waals surface area contributed by atoms with Crippen molar-refractivity contribution in [2.75, 3.05) is 0 Å². The molecule has 0 radical (unpaired) electrons. The Balaban J connectivity index is 2.31. The third-order valence-electron chi connectivity index (χ3n) is 2.52. The van der Waals surface area contributed by atoms with E-state index in [-0.39, 0.29) is 0 Å². The van der Waals surface area contributed by atoms with Crippen molar-refractivity contribution in [2.45, 2.75) is 36.6 Å². The molecule has 0 saturated carbocycles. The highest BCUT2D eigenvalue weighted by molar-refractivity contribution is 7.99. The molecule has 0 aliphatic rings. The molecule has 0 unspecified atom stereocenters. The van der Waals surface area contributed by atoms with Crippen LogP contribution in [0.3, 0.4) is 0 Å². The Morgan fingerprint density at radius 3 is 2.56 bits per heavy atom. The first-order valence-corrected chi connectivity index (χ1v) is 7.16. The average Bonchev–Trinajstić information content (AvgIpc) is 2.37. The van der Waals surface area contributed by atoms with Crippen molar-refractivity contribution >= 4 is 23.4 Å². The molecule has 0 bridgehead atoms. The van der Waals surface area contributed by atoms with E-state index in [2.05, 4.69) is 29.0 Å². The highest BCUT2D eigenvalue weighted by Crippen LogP contribution is 2.31. The van der Waals surface area contributed by atoms with Gasteiger partial charge in [0.2, 0.25) is 0 Å². The van der Waals surface area contributed by atoms with Gasteiger partial charge in [-0.1, -0.05) is 48.5 Å². The molecule has 0 N–H and O–H groups in total. The molecular weight excluding hydrogens is 264 g/mol. The Kier molecular flexibility index (Phi) is 4.61. The minimum absolute atomic E-state index is 0.562. The van der Waals surface area contributed by atoms with Gasteiger partial charge in [-0.15, -0.1) is 0 Å². The molecule has 1 aromatic carbocycles. The summed E-state index contributed by atoms with van der Waals surface area (Å²) in [6.45, 7) is 4.07. The zero-order valence-corrected chi connectivity index (χ0v) is 12.1. The van der Waals surface area contributed by atoms with Gasteiger partial charge >= 0.3 is 0 Å². The van der Waals surface area contributed by atoms with Gasteiger partial charge in [-0.3, -0.25) is 0 Å². The molecule has 0 spiro atoms. The number of aryl methyl sites for hydroxylation is 1. The summed E-state index contributed by atoms with van der Waals surface area (Å²) in [6, 6.07) is 10.2. The predicted molar refractivity (Wildman–Crippen MR) is 76.3 cm³/mol. The van der Waals surface area contributed by atoms with Crippen molar-refractivity contribution in [3.8, 4) is 0 Å². The van der Waals surface area contributed by atoms with E-state index in [9.17, 15) is 0 Å². The van der Waals surface area contributed by atoms with Gasteiger partial charge in [-0.2, -0.15) is 0 Å². The average molecular weight is 279 g/mol. The van der Waals surface area contributed by atoms with Crippen molar-refractivity contribution in [1.82, 2.24) is 9.97 Å². The van der Waals surface area contributed by atoms with Crippen molar-refractivity contribution in [1.29, 1.82) is 0 Å². The SMILES string of the molecule is CCCc1nc(Cl)c(C)c(Sc2ccccc2)n1. The molecule has 0 amide bonds. The van der Waals surface area contributed by atoms with Crippen molar-refractivity contribution < 1.29 is 0 Å². The van der Waals surface area contributed by atoms with Crippen LogP contribution in [-0.2, 0) is 6.42 Å². The first kappa shape index (κ1) is 13.4. The van der Waals surface area contributed by atoms with Crippen LogP contribution in [0.2, 0.25) is 5.15 Å². The third-order valence-corrected chi connectivity index (χ3v) is 3.99. The van der Waals surface area contributed by atoms with Crippen LogP contribution in [0.4, 0.5) is 0 Å². The summed E-state index contributed by atoms with van der Waals surface area (Å²) in [5.41, 5.74) is 0.949. The standard InChI is InChI=1S/C14H15ClN2S/c1-3-7-12-16-13(15)10(2)14(17-12)18-11-8-5-4-6-9-11/h4-6,8-9H,3,7H2,1-2H3. The van der Waals surface area contributed by atoms with E-state index >= 15 is 0 Å². The Hall–Kier alpha value is -1.06. The van der Waals surface area contributed by atoms with Gasteiger partial charge in [0, 0.05) is 16.9 Å². The maximum atomic E-state index is 6.16. The van der Waals surface area contributed by atoms with Gasteiger partial charge in [0.25, 0.3) is 0 Å². The topological polar surface area (TPSA) is 25.8 Å². The zero-order valence-electron chi connectivity index (χ0n) is 10.5. The lowest BCUT2D eigenvalue weighted by Crippen LogP contribution is -1.99. The lowest BCUT2D eigenvalue weighted by molar-refractivity contribution is 0.801. The number of nitrogens with zero attached hydrogens (tertiary/aromatic N) is 2. The molecule has 0 aliphatic carbocycles. The number of halogens is 1. The second-order valence-electron chi connectivity index (χ2n) is 4.03. The summed E-state index contributed by atoms with van der Waals surface area (Å²) >= 11 is 7.79. The van der Waals surface area contributed by atoms with Crippen LogP contribution < -0.4 is 0 Å². The number of benzene rings is 1. The number of aromatic nitrogens is 2. The highest BCUT2D eigenvalue weighted by Gasteiger charge is 2.10. The summed E-state index contributed by atoms with van der Waals surface area (Å²) in [6.07, 6.45) is 1.89. The van der Waals surface area contributed by atoms with E-state index in [1.54, 1.807) is 11.8 Å². The minimum Gasteiger partial charge on any atom is -0.226 e. The molecule has 4 heteroatoms. The van der Waals surface area contributed by atoms with Crippen LogP contribution >= 0.6 is 23.4 Å². The molecule has 18 heavy (non-hydrogen) atoms. The van der Waals surface area contributed by atoms with Crippen LogP contribution in [0.15, 0.2) is 40.3 Å². The van der Waals surface area contributed by atoms with E-state index < -0.39 is 0 Å². The quantitative estimate of drug-likeness (QED) is 0.768. The third kappa shape index (κ3) is 3.24. The monoisotopic (exact) mass is 278 g/mol. The summed E-state index contributed by atoms with van der Waals surface area (Å²) in [4.78, 5) is 10.1. The van der Waals surface area contributed by atoms with E-state index in [0.29, 0.717) is 5.15 Å². The van der Waals surface area contributed by atoms with Gasteiger partial charge in [-0.05, 0) is 25.5 Å². The fourth-order valence-electron chi connectivity index (χ4n) is 1.55. The van der Waals surface area contributed by atoms with Crippen LogP contribution in [0.1, 0.15) is 24.7 Å². The Labute approximate surface area is 117 Å². The molecule has 0 saturated heterocycles. The van der Waals surface area contributed by atoms with Crippen molar-refractivity contribution in [2.24, 2.45) is 0 Å². The number of rotatable bonds is 4. The van der Waals surface area contributed by atoms with Gasteiger partial charge in [0.05, 0.1) is 0 Å². The fourth-order valence-corrected chi connectivity index (χ4v) is 2.71. The van der Waals surface area contributed by atoms with Gasteiger partial charge in [-0.25, -0.2) is 9.97 Å². The smallest absolute Gasteiger partial charge is 0.136 e. The molecule has 2 nitrogen and oxygen atoms in total. The number of hydrogen-bond donors (Lipinski definition) is 0. The second kappa shape index (κ2) is 6.21. The summed E-state index contributed by atoms with van der Waals surface area (Å²) in [5.74, 6) is 0.825. The largest absolute Gasteiger partial charge is 0.226 e. The normalized spacial score (nSPS) is 10.6. The van der Waals surface area contributed by atoms with Crippen LogP contribution in [0, 0.1) is 6.92 Å². The van der Waals surface area contributed by atoms with Gasteiger partial charge in [0.15, 0.2) is 0 Å². The van der Waals surface area contributed by atoms with Crippen LogP contribution in [-0.4, -0.2) is 9.97 Å². The molecule has 1 aromatic heterocycles. The Bertz CT molecular complexity index is 529. The maximum absolute atomic E-state index is 6.16. The Morgan fingerprint density at radius 2 is 1.89 bits per heavy atom. The predicted octanol–water partition coefficient (Wildman–Crippen LogP) is 4.54. The van der Waals surface area contributed by atoms with E-state index in [1.807, 2.05) is 25.1 Å². The molecule has 0 aliphatic heterocycles. The molecule has 0 fully saturated rings. The molecular formula is C14H15ClN2S.